The van der Waals surface area contributed by atoms with Crippen molar-refractivity contribution in [2.75, 3.05) is 0 Å². The molecule has 0 amide bonds. The third-order valence-electron chi connectivity index (χ3n) is 0.915. The number of thiol groups is 1. The van der Waals surface area contributed by atoms with E-state index in [9.17, 15) is 4.79 Å². The van der Waals surface area contributed by atoms with Crippen LogP contribution >= 0.6 is 12.6 Å². The monoisotopic (exact) mass is 143 g/mol. The molecular weight excluding hydrogens is 138 g/mol. The Hall–Kier alpha value is -0.900. The first-order valence-electron chi connectivity index (χ1n) is 2.31. The van der Waals surface area contributed by atoms with Crippen molar-refractivity contribution in [2.45, 2.75) is 5.03 Å². The van der Waals surface area contributed by atoms with E-state index < -0.39 is 5.97 Å². The average molecular weight is 143 g/mol. The maximum atomic E-state index is 10.2. The standard InChI is InChI=1S/C5H5NO2S/c7-5(8)3-1-4(9)6-2-3/h1-2,6,9H,(H,7,8). The number of carboxylic acid groups (broad SMARTS) is 1. The molecule has 1 aromatic heterocycles. The van der Waals surface area contributed by atoms with Crippen LogP contribution < -0.4 is 0 Å². The van der Waals surface area contributed by atoms with Crippen LogP contribution in [0.15, 0.2) is 17.3 Å². The fourth-order valence-corrected chi connectivity index (χ4v) is 0.709. The summed E-state index contributed by atoms with van der Waals surface area (Å²) in [6.07, 6.45) is 1.39. The Morgan fingerprint density at radius 1 is 1.78 bits per heavy atom. The lowest BCUT2D eigenvalue weighted by atomic mass is 10.4. The molecule has 0 fully saturated rings. The van der Waals surface area contributed by atoms with Gasteiger partial charge in [0.1, 0.15) is 0 Å². The molecule has 1 rings (SSSR count). The lowest BCUT2D eigenvalue weighted by Crippen LogP contribution is -1.91. The highest BCUT2D eigenvalue weighted by Crippen LogP contribution is 2.05. The average Bonchev–Trinajstić information content (AvgIpc) is 2.14. The van der Waals surface area contributed by atoms with Gasteiger partial charge in [0.15, 0.2) is 0 Å². The van der Waals surface area contributed by atoms with E-state index in [-0.39, 0.29) is 5.56 Å². The van der Waals surface area contributed by atoms with E-state index in [2.05, 4.69) is 17.6 Å². The van der Waals surface area contributed by atoms with Gasteiger partial charge in [-0.05, 0) is 6.07 Å². The highest BCUT2D eigenvalue weighted by molar-refractivity contribution is 7.80. The molecule has 0 aliphatic heterocycles. The summed E-state index contributed by atoms with van der Waals surface area (Å²) < 4.78 is 0. The van der Waals surface area contributed by atoms with Gasteiger partial charge >= 0.3 is 5.97 Å². The van der Waals surface area contributed by atoms with E-state index >= 15 is 0 Å². The second-order valence-corrected chi connectivity index (χ2v) is 2.06. The second-order valence-electron chi connectivity index (χ2n) is 1.58. The fourth-order valence-electron chi connectivity index (χ4n) is 0.506. The van der Waals surface area contributed by atoms with Crippen LogP contribution in [0.2, 0.25) is 0 Å². The number of hydrogen-bond donors (Lipinski definition) is 3. The Balaban J connectivity index is 2.98. The molecule has 3 nitrogen and oxygen atoms in total. The number of aromatic amines is 1. The van der Waals surface area contributed by atoms with Gasteiger partial charge in [0.25, 0.3) is 0 Å². The molecule has 0 saturated carbocycles. The number of H-pyrrole nitrogens is 1. The van der Waals surface area contributed by atoms with Crippen molar-refractivity contribution in [1.29, 1.82) is 0 Å². The van der Waals surface area contributed by atoms with Crippen molar-refractivity contribution >= 4 is 18.6 Å². The van der Waals surface area contributed by atoms with Gasteiger partial charge in [-0.15, -0.1) is 12.6 Å². The van der Waals surface area contributed by atoms with Gasteiger partial charge in [0, 0.05) is 6.20 Å². The third-order valence-corrected chi connectivity index (χ3v) is 1.17. The van der Waals surface area contributed by atoms with Crippen molar-refractivity contribution < 1.29 is 9.90 Å². The van der Waals surface area contributed by atoms with Crippen molar-refractivity contribution in [3.8, 4) is 0 Å². The molecule has 48 valence electrons. The highest BCUT2D eigenvalue weighted by atomic mass is 32.1. The van der Waals surface area contributed by atoms with Crippen LogP contribution in [-0.2, 0) is 0 Å². The first-order valence-corrected chi connectivity index (χ1v) is 2.75. The summed E-state index contributed by atoms with van der Waals surface area (Å²) in [6, 6.07) is 1.45. The van der Waals surface area contributed by atoms with Crippen LogP contribution in [-0.4, -0.2) is 16.1 Å². The van der Waals surface area contributed by atoms with Gasteiger partial charge in [-0.2, -0.15) is 0 Å². The molecule has 1 aromatic rings. The third kappa shape index (κ3) is 1.26. The van der Waals surface area contributed by atoms with Crippen LogP contribution in [0.4, 0.5) is 0 Å². The number of carboxylic acids is 1. The van der Waals surface area contributed by atoms with Gasteiger partial charge < -0.3 is 10.1 Å². The Morgan fingerprint density at radius 2 is 2.44 bits per heavy atom. The topological polar surface area (TPSA) is 53.1 Å². The number of hydrogen-bond acceptors (Lipinski definition) is 2. The molecule has 0 aliphatic rings. The lowest BCUT2D eigenvalue weighted by Gasteiger charge is -1.79. The summed E-state index contributed by atoms with van der Waals surface area (Å²) in [6.45, 7) is 0. The molecule has 0 spiro atoms. The lowest BCUT2D eigenvalue weighted by molar-refractivity contribution is 0.0697. The number of rotatable bonds is 1. The molecule has 0 atom stereocenters. The molecule has 0 unspecified atom stereocenters. The molecule has 9 heavy (non-hydrogen) atoms. The Kier molecular flexibility index (Phi) is 1.48. The van der Waals surface area contributed by atoms with E-state index in [0.29, 0.717) is 5.03 Å². The van der Waals surface area contributed by atoms with Crippen LogP contribution in [0.3, 0.4) is 0 Å². The number of aromatic carboxylic acids is 1. The number of aromatic nitrogens is 1. The first kappa shape index (κ1) is 6.22. The molecule has 0 aromatic carbocycles. The van der Waals surface area contributed by atoms with Gasteiger partial charge in [-0.1, -0.05) is 0 Å². The smallest absolute Gasteiger partial charge is 0.337 e. The minimum atomic E-state index is -0.938. The van der Waals surface area contributed by atoms with Gasteiger partial charge in [0.2, 0.25) is 0 Å². The van der Waals surface area contributed by atoms with Crippen LogP contribution in [0.1, 0.15) is 10.4 Å². The van der Waals surface area contributed by atoms with Crippen molar-refractivity contribution in [2.24, 2.45) is 0 Å². The zero-order chi connectivity index (χ0) is 6.85. The van der Waals surface area contributed by atoms with Gasteiger partial charge in [-0.3, -0.25) is 0 Å². The Morgan fingerprint density at radius 3 is 2.67 bits per heavy atom. The summed E-state index contributed by atoms with van der Waals surface area (Å²) in [4.78, 5) is 12.8. The van der Waals surface area contributed by atoms with E-state index in [1.165, 1.54) is 12.3 Å². The molecule has 0 saturated heterocycles. The van der Waals surface area contributed by atoms with Gasteiger partial charge in [-0.25, -0.2) is 4.79 Å². The van der Waals surface area contributed by atoms with Crippen molar-refractivity contribution in [1.82, 2.24) is 4.98 Å². The molecule has 0 bridgehead atoms. The molecule has 2 N–H and O–H groups in total. The Labute approximate surface area is 57.1 Å². The maximum Gasteiger partial charge on any atom is 0.337 e. The predicted molar refractivity (Wildman–Crippen MR) is 35.0 cm³/mol. The molecule has 1 heterocycles. The van der Waals surface area contributed by atoms with Crippen LogP contribution in [0.25, 0.3) is 0 Å². The summed E-state index contributed by atoms with van der Waals surface area (Å²) >= 11 is 3.88. The maximum absolute atomic E-state index is 10.2. The van der Waals surface area contributed by atoms with Crippen LogP contribution in [0, 0.1) is 0 Å². The largest absolute Gasteiger partial charge is 0.478 e. The van der Waals surface area contributed by atoms with E-state index in [4.69, 9.17) is 5.11 Å². The zero-order valence-corrected chi connectivity index (χ0v) is 5.35. The second kappa shape index (κ2) is 2.14. The van der Waals surface area contributed by atoms with E-state index in [0.717, 1.165) is 0 Å². The fraction of sp³-hybridized carbons (Fsp3) is 0. The number of nitrogens with one attached hydrogen (secondary N) is 1. The number of carbonyl (C=O) groups is 1. The quantitative estimate of drug-likeness (QED) is 0.514. The normalized spacial score (nSPS) is 9.44. The first-order chi connectivity index (χ1) is 4.20. The minimum absolute atomic E-state index is 0.236. The highest BCUT2D eigenvalue weighted by Gasteiger charge is 2.02. The van der Waals surface area contributed by atoms with E-state index in [1.54, 1.807) is 0 Å². The summed E-state index contributed by atoms with van der Waals surface area (Å²) in [5, 5.41) is 8.91. The summed E-state index contributed by atoms with van der Waals surface area (Å²) in [5.41, 5.74) is 0.236. The Bertz CT molecular complexity index is 231. The van der Waals surface area contributed by atoms with Crippen molar-refractivity contribution in [3.63, 3.8) is 0 Å². The molecule has 4 heteroatoms. The summed E-state index contributed by atoms with van der Waals surface area (Å²) in [5.74, 6) is -0.938. The SMILES string of the molecule is O=C(O)c1c[nH]c(S)c1. The molecule has 0 aliphatic carbocycles. The van der Waals surface area contributed by atoms with Crippen molar-refractivity contribution in [3.05, 3.63) is 17.8 Å². The molecule has 0 radical (unpaired) electrons. The predicted octanol–water partition coefficient (Wildman–Crippen LogP) is 1.00. The molecular formula is C5H5NO2S. The van der Waals surface area contributed by atoms with E-state index in [1.807, 2.05) is 0 Å². The zero-order valence-electron chi connectivity index (χ0n) is 4.46. The van der Waals surface area contributed by atoms with Gasteiger partial charge in [0.05, 0.1) is 10.6 Å². The minimum Gasteiger partial charge on any atom is -0.478 e. The summed E-state index contributed by atoms with van der Waals surface area (Å²) in [7, 11) is 0. The van der Waals surface area contributed by atoms with Crippen LogP contribution in [0.5, 0.6) is 0 Å².